The molecule has 1 aliphatic rings. The molecule has 1 aromatic carbocycles. The van der Waals surface area contributed by atoms with Crippen molar-refractivity contribution in [2.45, 2.75) is 13.0 Å². The summed E-state index contributed by atoms with van der Waals surface area (Å²) in [6.07, 6.45) is 5.33. The Labute approximate surface area is 152 Å². The standard InChI is InChI=1S/C20H20FN5/c1-15-14-25(12-13-26(15)16-6-9-22-10-7-16)20-23-11-8-19(24-20)17-4-2-3-5-18(17)21/h2-11,15H,12-14H2,1H3. The Bertz CT molecular complexity index is 886. The van der Waals surface area contributed by atoms with Crippen molar-refractivity contribution in [3.05, 3.63) is 66.9 Å². The highest BCUT2D eigenvalue weighted by molar-refractivity contribution is 5.61. The number of nitrogens with zero attached hydrogens (tertiary/aromatic N) is 5. The molecule has 2 aromatic heterocycles. The Balaban J connectivity index is 1.55. The van der Waals surface area contributed by atoms with Gasteiger partial charge in [-0.1, -0.05) is 12.1 Å². The molecule has 4 rings (SSSR count). The molecule has 132 valence electrons. The van der Waals surface area contributed by atoms with Crippen LogP contribution in [0.2, 0.25) is 0 Å². The third kappa shape index (κ3) is 3.22. The number of piperazine rings is 1. The minimum absolute atomic E-state index is 0.270. The van der Waals surface area contributed by atoms with Crippen molar-refractivity contribution in [3.63, 3.8) is 0 Å². The van der Waals surface area contributed by atoms with Gasteiger partial charge in [0, 0.05) is 55.5 Å². The second-order valence-corrected chi connectivity index (χ2v) is 6.42. The molecule has 3 aromatic rings. The van der Waals surface area contributed by atoms with Gasteiger partial charge in [0.15, 0.2) is 0 Å². The second-order valence-electron chi connectivity index (χ2n) is 6.42. The quantitative estimate of drug-likeness (QED) is 0.725. The molecule has 5 nitrogen and oxygen atoms in total. The summed E-state index contributed by atoms with van der Waals surface area (Å²) in [5.41, 5.74) is 2.28. The summed E-state index contributed by atoms with van der Waals surface area (Å²) in [4.78, 5) is 17.6. The Hall–Kier alpha value is -3.02. The van der Waals surface area contributed by atoms with Gasteiger partial charge in [-0.05, 0) is 37.3 Å². The zero-order valence-electron chi connectivity index (χ0n) is 14.6. The fraction of sp³-hybridized carbons (Fsp3) is 0.250. The molecule has 6 heteroatoms. The van der Waals surface area contributed by atoms with Crippen molar-refractivity contribution in [3.8, 4) is 11.3 Å². The van der Waals surface area contributed by atoms with Crippen molar-refractivity contribution in [1.82, 2.24) is 15.0 Å². The number of benzene rings is 1. The van der Waals surface area contributed by atoms with E-state index in [0.29, 0.717) is 23.2 Å². The predicted molar refractivity (Wildman–Crippen MR) is 101 cm³/mol. The van der Waals surface area contributed by atoms with E-state index in [0.717, 1.165) is 19.6 Å². The average molecular weight is 349 g/mol. The first-order chi connectivity index (χ1) is 12.7. The van der Waals surface area contributed by atoms with E-state index in [2.05, 4.69) is 31.7 Å². The second kappa shape index (κ2) is 7.07. The normalized spacial score (nSPS) is 17.4. The maximum atomic E-state index is 14.1. The molecule has 0 N–H and O–H groups in total. The number of hydrogen-bond acceptors (Lipinski definition) is 5. The van der Waals surface area contributed by atoms with Crippen LogP contribution in [0.4, 0.5) is 16.0 Å². The molecule has 0 bridgehead atoms. The van der Waals surface area contributed by atoms with Crippen LogP contribution in [-0.2, 0) is 0 Å². The zero-order chi connectivity index (χ0) is 17.9. The van der Waals surface area contributed by atoms with E-state index in [-0.39, 0.29) is 5.82 Å². The summed E-state index contributed by atoms with van der Waals surface area (Å²) < 4.78 is 14.1. The molecule has 1 aliphatic heterocycles. The lowest BCUT2D eigenvalue weighted by molar-refractivity contribution is 0.543. The van der Waals surface area contributed by atoms with Crippen LogP contribution in [0.15, 0.2) is 61.1 Å². The molecule has 0 spiro atoms. The van der Waals surface area contributed by atoms with Gasteiger partial charge in [-0.3, -0.25) is 4.98 Å². The van der Waals surface area contributed by atoms with Crippen LogP contribution in [-0.4, -0.2) is 40.6 Å². The first-order valence-electron chi connectivity index (χ1n) is 8.72. The topological polar surface area (TPSA) is 45.2 Å². The summed E-state index contributed by atoms with van der Waals surface area (Å²) in [6.45, 7) is 4.68. The lowest BCUT2D eigenvalue weighted by Crippen LogP contribution is -2.52. The number of halogens is 1. The molecule has 0 amide bonds. The molecule has 3 heterocycles. The highest BCUT2D eigenvalue weighted by Crippen LogP contribution is 2.24. The average Bonchev–Trinajstić information content (AvgIpc) is 2.69. The van der Waals surface area contributed by atoms with E-state index in [1.54, 1.807) is 24.4 Å². The van der Waals surface area contributed by atoms with Gasteiger partial charge in [-0.2, -0.15) is 0 Å². The Morgan fingerprint density at radius 2 is 1.81 bits per heavy atom. The van der Waals surface area contributed by atoms with Gasteiger partial charge in [-0.25, -0.2) is 14.4 Å². The Morgan fingerprint density at radius 1 is 1.00 bits per heavy atom. The lowest BCUT2D eigenvalue weighted by Gasteiger charge is -2.41. The molecule has 1 unspecified atom stereocenters. The fourth-order valence-electron chi connectivity index (χ4n) is 3.38. The van der Waals surface area contributed by atoms with Crippen molar-refractivity contribution in [2.24, 2.45) is 0 Å². The van der Waals surface area contributed by atoms with E-state index in [4.69, 9.17) is 0 Å². The highest BCUT2D eigenvalue weighted by Gasteiger charge is 2.25. The van der Waals surface area contributed by atoms with E-state index in [9.17, 15) is 4.39 Å². The van der Waals surface area contributed by atoms with Crippen molar-refractivity contribution in [1.29, 1.82) is 0 Å². The monoisotopic (exact) mass is 349 g/mol. The predicted octanol–water partition coefficient (Wildman–Crippen LogP) is 3.39. The zero-order valence-corrected chi connectivity index (χ0v) is 14.6. The van der Waals surface area contributed by atoms with Crippen LogP contribution in [0.3, 0.4) is 0 Å². The molecule has 1 saturated heterocycles. The number of hydrogen-bond donors (Lipinski definition) is 0. The molecular weight excluding hydrogens is 329 g/mol. The van der Waals surface area contributed by atoms with Crippen LogP contribution >= 0.6 is 0 Å². The van der Waals surface area contributed by atoms with Crippen LogP contribution < -0.4 is 9.80 Å². The lowest BCUT2D eigenvalue weighted by atomic mass is 10.1. The third-order valence-corrected chi connectivity index (χ3v) is 4.70. The van der Waals surface area contributed by atoms with Crippen molar-refractivity contribution < 1.29 is 4.39 Å². The van der Waals surface area contributed by atoms with Crippen LogP contribution in [0.1, 0.15) is 6.92 Å². The Kier molecular flexibility index (Phi) is 4.48. The number of pyridine rings is 1. The first kappa shape index (κ1) is 16.4. The summed E-state index contributed by atoms with van der Waals surface area (Å²) in [5, 5.41) is 0. The molecule has 0 radical (unpaired) electrons. The van der Waals surface area contributed by atoms with Gasteiger partial charge in [0.05, 0.1) is 5.69 Å². The number of anilines is 2. The smallest absolute Gasteiger partial charge is 0.225 e. The molecule has 1 atom stereocenters. The minimum Gasteiger partial charge on any atom is -0.365 e. The molecule has 26 heavy (non-hydrogen) atoms. The number of rotatable bonds is 3. The van der Waals surface area contributed by atoms with Crippen LogP contribution in [0, 0.1) is 5.82 Å². The van der Waals surface area contributed by atoms with Gasteiger partial charge in [0.25, 0.3) is 0 Å². The SMILES string of the molecule is CC1CN(c2nccc(-c3ccccc3F)n2)CCN1c1ccncc1. The van der Waals surface area contributed by atoms with E-state index >= 15 is 0 Å². The van der Waals surface area contributed by atoms with Gasteiger partial charge in [-0.15, -0.1) is 0 Å². The van der Waals surface area contributed by atoms with E-state index in [1.165, 1.54) is 11.8 Å². The van der Waals surface area contributed by atoms with E-state index in [1.807, 2.05) is 30.6 Å². The Morgan fingerprint density at radius 3 is 2.58 bits per heavy atom. The summed E-state index contributed by atoms with van der Waals surface area (Å²) in [7, 11) is 0. The van der Waals surface area contributed by atoms with Gasteiger partial charge in [0.2, 0.25) is 5.95 Å². The summed E-state index contributed by atoms with van der Waals surface area (Å²) in [5.74, 6) is 0.375. The van der Waals surface area contributed by atoms with Gasteiger partial charge in [0.1, 0.15) is 5.82 Å². The molecular formula is C20H20FN5. The largest absolute Gasteiger partial charge is 0.365 e. The van der Waals surface area contributed by atoms with Gasteiger partial charge >= 0.3 is 0 Å². The molecule has 1 fully saturated rings. The van der Waals surface area contributed by atoms with Crippen molar-refractivity contribution >= 4 is 11.6 Å². The maximum Gasteiger partial charge on any atom is 0.225 e. The van der Waals surface area contributed by atoms with Crippen LogP contribution in [0.25, 0.3) is 11.3 Å². The highest BCUT2D eigenvalue weighted by atomic mass is 19.1. The molecule has 0 aliphatic carbocycles. The van der Waals surface area contributed by atoms with Crippen LogP contribution in [0.5, 0.6) is 0 Å². The number of aromatic nitrogens is 3. The fourth-order valence-corrected chi connectivity index (χ4v) is 3.38. The minimum atomic E-state index is -0.270. The first-order valence-corrected chi connectivity index (χ1v) is 8.72. The third-order valence-electron chi connectivity index (χ3n) is 4.70. The van der Waals surface area contributed by atoms with Gasteiger partial charge < -0.3 is 9.80 Å². The maximum absolute atomic E-state index is 14.1. The summed E-state index contributed by atoms with van der Waals surface area (Å²) in [6, 6.07) is 12.8. The molecule has 0 saturated carbocycles. The summed E-state index contributed by atoms with van der Waals surface area (Å²) >= 11 is 0. The van der Waals surface area contributed by atoms with E-state index < -0.39 is 0 Å². The van der Waals surface area contributed by atoms with Crippen molar-refractivity contribution in [2.75, 3.05) is 29.4 Å².